The first kappa shape index (κ1) is 20.2. The Balaban J connectivity index is 1.65. The summed E-state index contributed by atoms with van der Waals surface area (Å²) in [6.45, 7) is 5.52. The van der Waals surface area contributed by atoms with Gasteiger partial charge in [-0.15, -0.1) is 0 Å². The third-order valence-corrected chi connectivity index (χ3v) is 6.41. The van der Waals surface area contributed by atoms with Crippen LogP contribution in [0.2, 0.25) is 0 Å². The van der Waals surface area contributed by atoms with E-state index in [0.29, 0.717) is 11.4 Å². The van der Waals surface area contributed by atoms with Crippen LogP contribution in [-0.2, 0) is 10.0 Å². The van der Waals surface area contributed by atoms with E-state index in [0.717, 1.165) is 6.20 Å². The molecule has 0 saturated carbocycles. The van der Waals surface area contributed by atoms with Gasteiger partial charge < -0.3 is 10.1 Å². The number of carbonyl (C=O) groups is 1. The second-order valence-corrected chi connectivity index (χ2v) is 9.28. The van der Waals surface area contributed by atoms with Crippen LogP contribution >= 0.6 is 0 Å². The summed E-state index contributed by atoms with van der Waals surface area (Å²) in [5.74, 6) is -0.385. The Hall–Kier alpha value is -2.59. The lowest BCUT2D eigenvalue weighted by Gasteiger charge is -2.38. The number of aromatic nitrogens is 2. The van der Waals surface area contributed by atoms with Crippen molar-refractivity contribution in [1.29, 1.82) is 0 Å². The summed E-state index contributed by atoms with van der Waals surface area (Å²) in [5, 5.41) is 2.06. The molecule has 2 aromatic rings. The summed E-state index contributed by atoms with van der Waals surface area (Å²) < 4.78 is 44.3. The number of nitrogens with one attached hydrogen (secondary N) is 1. The molecule has 1 N–H and O–H groups in total. The summed E-state index contributed by atoms with van der Waals surface area (Å²) in [6.07, 6.45) is 0.714. The maximum absolute atomic E-state index is 12.9. The molecule has 3 heterocycles. The molecule has 10 heteroatoms. The van der Waals surface area contributed by atoms with Crippen LogP contribution in [0.1, 0.15) is 30.0 Å². The van der Waals surface area contributed by atoms with Crippen molar-refractivity contribution in [1.82, 2.24) is 14.3 Å². The summed E-state index contributed by atoms with van der Waals surface area (Å²) >= 11 is 0. The van der Waals surface area contributed by atoms with Gasteiger partial charge in [-0.05, 0) is 32.9 Å². The zero-order valence-corrected chi connectivity index (χ0v) is 16.5. The molecule has 8 nitrogen and oxygen atoms in total. The number of aryl methyl sites for hydroxylation is 1. The predicted molar refractivity (Wildman–Crippen MR) is 101 cm³/mol. The van der Waals surface area contributed by atoms with Gasteiger partial charge in [0.2, 0.25) is 10.0 Å². The fraction of sp³-hybridized carbons (Fsp3) is 0.389. The lowest BCUT2D eigenvalue weighted by molar-refractivity contribution is 0.0753. The molecule has 1 saturated heterocycles. The molecule has 0 atom stereocenters. The van der Waals surface area contributed by atoms with Crippen molar-refractivity contribution in [3.63, 3.8) is 0 Å². The van der Waals surface area contributed by atoms with E-state index in [9.17, 15) is 17.6 Å². The fourth-order valence-electron chi connectivity index (χ4n) is 2.63. The minimum Gasteiger partial charge on any atom is -0.488 e. The minimum atomic E-state index is -3.29. The van der Waals surface area contributed by atoms with E-state index in [1.54, 1.807) is 26.8 Å². The zero-order valence-electron chi connectivity index (χ0n) is 15.7. The maximum atomic E-state index is 12.9. The normalized spacial score (nSPS) is 15.3. The molecule has 1 aliphatic rings. The summed E-state index contributed by atoms with van der Waals surface area (Å²) in [4.78, 5) is 20.3. The van der Waals surface area contributed by atoms with Gasteiger partial charge >= 0.3 is 0 Å². The van der Waals surface area contributed by atoms with E-state index in [1.807, 2.05) is 0 Å². The van der Waals surface area contributed by atoms with E-state index >= 15 is 0 Å². The van der Waals surface area contributed by atoms with E-state index in [1.165, 1.54) is 22.5 Å². The number of ether oxygens (including phenoxy) is 1. The van der Waals surface area contributed by atoms with Crippen molar-refractivity contribution in [3.8, 4) is 5.75 Å². The van der Waals surface area contributed by atoms with Gasteiger partial charge in [0.15, 0.2) is 0 Å². The summed E-state index contributed by atoms with van der Waals surface area (Å²) in [6, 6.07) is 5.69. The van der Waals surface area contributed by atoms with Crippen LogP contribution in [0.15, 0.2) is 30.5 Å². The third kappa shape index (κ3) is 4.45. The molecular weight excluding hydrogens is 387 g/mol. The second-order valence-electron chi connectivity index (χ2n) is 6.80. The first-order chi connectivity index (χ1) is 13.1. The van der Waals surface area contributed by atoms with Crippen molar-refractivity contribution in [3.05, 3.63) is 47.7 Å². The largest absolute Gasteiger partial charge is 0.488 e. The third-order valence-electron chi connectivity index (χ3n) is 4.20. The number of nitrogens with zero attached hydrogens (tertiary/aromatic N) is 3. The summed E-state index contributed by atoms with van der Waals surface area (Å²) in [5.41, 5.74) is 0.688. The Labute approximate surface area is 162 Å². The first-order valence-corrected chi connectivity index (χ1v) is 10.2. The fourth-order valence-corrected chi connectivity index (χ4v) is 3.97. The predicted octanol–water partition coefficient (Wildman–Crippen LogP) is 1.98. The number of halogens is 1. The Kier molecular flexibility index (Phi) is 5.61. The Morgan fingerprint density at radius 2 is 2.04 bits per heavy atom. The number of hydrogen-bond donors (Lipinski definition) is 1. The minimum absolute atomic E-state index is 0.118. The molecule has 0 aromatic carbocycles. The number of carbonyl (C=O) groups excluding carboxylic acids is 1. The molecule has 1 aliphatic heterocycles. The Morgan fingerprint density at radius 1 is 1.32 bits per heavy atom. The maximum Gasteiger partial charge on any atom is 0.275 e. The van der Waals surface area contributed by atoms with Gasteiger partial charge in [0, 0.05) is 17.8 Å². The van der Waals surface area contributed by atoms with Crippen molar-refractivity contribution in [2.45, 2.75) is 32.1 Å². The molecule has 150 valence electrons. The number of amides is 1. The highest BCUT2D eigenvalue weighted by Crippen LogP contribution is 2.23. The van der Waals surface area contributed by atoms with Gasteiger partial charge in [-0.25, -0.2) is 22.8 Å². The number of anilines is 1. The van der Waals surface area contributed by atoms with Gasteiger partial charge in [0.1, 0.15) is 29.2 Å². The van der Waals surface area contributed by atoms with Crippen LogP contribution in [0.4, 0.5) is 10.2 Å². The highest BCUT2D eigenvalue weighted by Gasteiger charge is 2.38. The molecule has 0 bridgehead atoms. The number of rotatable bonds is 6. The molecule has 0 radical (unpaired) electrons. The molecular formula is C18H21FN4O4S. The van der Waals surface area contributed by atoms with Crippen molar-refractivity contribution in [2.75, 3.05) is 18.4 Å². The average molecular weight is 408 g/mol. The van der Waals surface area contributed by atoms with Crippen LogP contribution in [-0.4, -0.2) is 53.0 Å². The van der Waals surface area contributed by atoms with Gasteiger partial charge in [-0.1, -0.05) is 0 Å². The first-order valence-electron chi connectivity index (χ1n) is 8.72. The molecule has 1 amide bonds. The van der Waals surface area contributed by atoms with Crippen molar-refractivity contribution >= 4 is 21.7 Å². The van der Waals surface area contributed by atoms with Crippen LogP contribution in [0.5, 0.6) is 5.75 Å². The average Bonchev–Trinajstić information content (AvgIpc) is 2.59. The monoisotopic (exact) mass is 408 g/mol. The van der Waals surface area contributed by atoms with Gasteiger partial charge in [0.25, 0.3) is 5.91 Å². The highest BCUT2D eigenvalue weighted by atomic mass is 32.2. The van der Waals surface area contributed by atoms with Gasteiger partial charge in [-0.2, -0.15) is 4.31 Å². The smallest absolute Gasteiger partial charge is 0.275 e. The van der Waals surface area contributed by atoms with E-state index < -0.39 is 27.0 Å². The van der Waals surface area contributed by atoms with Crippen LogP contribution in [0, 0.1) is 12.7 Å². The quantitative estimate of drug-likeness (QED) is 0.784. The van der Waals surface area contributed by atoms with E-state index in [4.69, 9.17) is 4.74 Å². The Morgan fingerprint density at radius 3 is 2.64 bits per heavy atom. The molecule has 0 spiro atoms. The number of hydrogen-bond acceptors (Lipinski definition) is 6. The van der Waals surface area contributed by atoms with Crippen LogP contribution in [0.25, 0.3) is 0 Å². The molecule has 28 heavy (non-hydrogen) atoms. The standard InChI is InChI=1S/C18H21FN4O4S/c1-11(2)28(25,26)23-9-15(10-23)27-14-6-12(3)21-16(7-14)18(24)22-17-5-4-13(19)8-20-17/h4-8,11,15H,9-10H2,1-3H3,(H,20,22,24). The lowest BCUT2D eigenvalue weighted by Crippen LogP contribution is -2.57. The topological polar surface area (TPSA) is 101 Å². The van der Waals surface area contributed by atoms with Crippen LogP contribution < -0.4 is 10.1 Å². The molecule has 2 aromatic heterocycles. The molecule has 0 aliphatic carbocycles. The molecule has 0 unspecified atom stereocenters. The van der Waals surface area contributed by atoms with Crippen LogP contribution in [0.3, 0.4) is 0 Å². The summed E-state index contributed by atoms with van der Waals surface area (Å²) in [7, 11) is -3.29. The van der Waals surface area contributed by atoms with E-state index in [2.05, 4.69) is 15.3 Å². The lowest BCUT2D eigenvalue weighted by atomic mass is 10.2. The SMILES string of the molecule is Cc1cc(OC2CN(S(=O)(=O)C(C)C)C2)cc(C(=O)Nc2ccc(F)cn2)n1. The van der Waals surface area contributed by atoms with Gasteiger partial charge in [0.05, 0.1) is 24.5 Å². The zero-order chi connectivity index (χ0) is 20.5. The molecule has 3 rings (SSSR count). The van der Waals surface area contributed by atoms with Crippen molar-refractivity contribution in [2.24, 2.45) is 0 Å². The second kappa shape index (κ2) is 7.80. The number of pyridine rings is 2. The Bertz CT molecular complexity index is 974. The van der Waals surface area contributed by atoms with Gasteiger partial charge in [-0.3, -0.25) is 4.79 Å². The van der Waals surface area contributed by atoms with E-state index in [-0.39, 0.29) is 30.7 Å². The number of sulfonamides is 1. The van der Waals surface area contributed by atoms with Crippen molar-refractivity contribution < 1.29 is 22.3 Å². The highest BCUT2D eigenvalue weighted by molar-refractivity contribution is 7.89. The molecule has 1 fully saturated rings.